The van der Waals surface area contributed by atoms with E-state index in [-0.39, 0.29) is 42.5 Å². The van der Waals surface area contributed by atoms with E-state index in [1.807, 2.05) is 36.0 Å². The van der Waals surface area contributed by atoms with Crippen molar-refractivity contribution in [3.63, 3.8) is 0 Å². The molecule has 14 nitrogen and oxygen atoms in total. The molecule has 1 aromatic carbocycles. The Hall–Kier alpha value is -3.79. The minimum absolute atomic E-state index is 0.00815. The Bertz CT molecular complexity index is 1810. The molecular formula is C34H46ClN9O5S. The third-order valence-corrected chi connectivity index (χ3v) is 11.1. The lowest BCUT2D eigenvalue weighted by Gasteiger charge is -2.42. The van der Waals surface area contributed by atoms with E-state index >= 15 is 0 Å². The second kappa shape index (κ2) is 16.0. The molecule has 0 unspecified atom stereocenters. The van der Waals surface area contributed by atoms with Crippen molar-refractivity contribution in [3.8, 4) is 22.9 Å². The zero-order valence-corrected chi connectivity index (χ0v) is 30.6. The first kappa shape index (κ1) is 36.0. The average Bonchev–Trinajstić information content (AvgIpc) is 3.75. The molecule has 4 aromatic rings. The molecule has 2 aliphatic rings. The Balaban J connectivity index is 1.17. The minimum Gasteiger partial charge on any atom is -0.487 e. The number of hydrogen-bond acceptors (Lipinski definition) is 12. The van der Waals surface area contributed by atoms with Gasteiger partial charge in [0.25, 0.3) is 5.88 Å². The van der Waals surface area contributed by atoms with Crippen molar-refractivity contribution >= 4 is 33.1 Å². The number of ether oxygens (including phenoxy) is 3. The standard InChI is InChI=1S/C34H46ClN9O5S/c1-5-50(45,46)15-14-47-33-31(20-44(41-33)28-9-7-27(8-10-28)42-17-23(2)48-24(3)18-42)40-34-37-13-12-30(39-34)26-6-11-29(35)32(16-26)49-25(4)19-43-22-36-21-38-43/h6,11-13,16,20-25,27-28H,5,7-10,14-15,17-19H2,1-4H3,(H,37,39,40)/t23-,24+,25-,27?,28?/m0/s1. The summed E-state index contributed by atoms with van der Waals surface area (Å²) < 4.78 is 46.1. The largest absolute Gasteiger partial charge is 0.487 e. The fourth-order valence-corrected chi connectivity index (χ4v) is 7.45. The van der Waals surface area contributed by atoms with Crippen LogP contribution in [0.25, 0.3) is 11.3 Å². The second-order valence-corrected chi connectivity index (χ2v) is 16.0. The maximum Gasteiger partial charge on any atom is 0.256 e. The van der Waals surface area contributed by atoms with Crippen LogP contribution in [-0.2, 0) is 21.1 Å². The van der Waals surface area contributed by atoms with Gasteiger partial charge in [0.15, 0.2) is 9.84 Å². The van der Waals surface area contributed by atoms with Crippen molar-refractivity contribution in [1.29, 1.82) is 0 Å². The maximum absolute atomic E-state index is 12.2. The average molecular weight is 728 g/mol. The summed E-state index contributed by atoms with van der Waals surface area (Å²) in [4.78, 5) is 15.8. The van der Waals surface area contributed by atoms with Crippen molar-refractivity contribution < 1.29 is 22.6 Å². The van der Waals surface area contributed by atoms with Gasteiger partial charge in [-0.05, 0) is 64.7 Å². The number of aromatic nitrogens is 7. The first-order valence-corrected chi connectivity index (χ1v) is 19.5. The molecular weight excluding hydrogens is 682 g/mol. The fourth-order valence-electron chi connectivity index (χ4n) is 6.67. The third-order valence-electron chi connectivity index (χ3n) is 9.14. The molecule has 0 bridgehead atoms. The van der Waals surface area contributed by atoms with Gasteiger partial charge in [-0.1, -0.05) is 24.6 Å². The van der Waals surface area contributed by atoms with Crippen LogP contribution < -0.4 is 14.8 Å². The molecule has 1 aliphatic heterocycles. The van der Waals surface area contributed by atoms with Crippen LogP contribution in [0.15, 0.2) is 49.3 Å². The van der Waals surface area contributed by atoms with Crippen molar-refractivity contribution in [2.24, 2.45) is 0 Å². The van der Waals surface area contributed by atoms with Crippen molar-refractivity contribution in [2.45, 2.75) is 90.3 Å². The smallest absolute Gasteiger partial charge is 0.256 e. The van der Waals surface area contributed by atoms with E-state index in [0.29, 0.717) is 46.6 Å². The molecule has 50 heavy (non-hydrogen) atoms. The summed E-state index contributed by atoms with van der Waals surface area (Å²) in [6.07, 6.45) is 11.0. The number of halogens is 1. The van der Waals surface area contributed by atoms with Gasteiger partial charge in [0.05, 0.1) is 47.5 Å². The van der Waals surface area contributed by atoms with Crippen LogP contribution in [0.4, 0.5) is 11.6 Å². The van der Waals surface area contributed by atoms with Crippen LogP contribution in [-0.4, -0.2) is 103 Å². The Morgan fingerprint density at radius 2 is 1.86 bits per heavy atom. The number of sulfone groups is 1. The van der Waals surface area contributed by atoms with Crippen LogP contribution in [0.5, 0.6) is 11.6 Å². The van der Waals surface area contributed by atoms with Crippen molar-refractivity contribution in [2.75, 3.05) is 36.5 Å². The number of nitrogens with zero attached hydrogens (tertiary/aromatic N) is 8. The molecule has 2 fully saturated rings. The van der Waals surface area contributed by atoms with Gasteiger partial charge >= 0.3 is 0 Å². The Morgan fingerprint density at radius 3 is 2.58 bits per heavy atom. The summed E-state index contributed by atoms with van der Waals surface area (Å²) in [5.41, 5.74) is 2.01. The van der Waals surface area contributed by atoms with E-state index in [0.717, 1.165) is 44.3 Å². The molecule has 0 spiro atoms. The lowest BCUT2D eigenvalue weighted by molar-refractivity contribution is -0.0852. The van der Waals surface area contributed by atoms with E-state index in [2.05, 4.69) is 39.1 Å². The topological polar surface area (TPSA) is 151 Å². The number of nitrogens with one attached hydrogen (secondary N) is 1. The van der Waals surface area contributed by atoms with Crippen LogP contribution >= 0.6 is 11.6 Å². The van der Waals surface area contributed by atoms with E-state index in [9.17, 15) is 8.42 Å². The molecule has 0 radical (unpaired) electrons. The van der Waals surface area contributed by atoms with Gasteiger partial charge in [-0.3, -0.25) is 9.58 Å². The number of morpholine rings is 1. The highest BCUT2D eigenvalue weighted by Gasteiger charge is 2.32. The van der Waals surface area contributed by atoms with Gasteiger partial charge in [0, 0.05) is 36.6 Å². The number of benzene rings is 1. The molecule has 1 N–H and O–H groups in total. The number of anilines is 2. The zero-order chi connectivity index (χ0) is 35.3. The molecule has 3 aromatic heterocycles. The molecule has 1 saturated heterocycles. The summed E-state index contributed by atoms with van der Waals surface area (Å²) in [6, 6.07) is 8.02. The van der Waals surface area contributed by atoms with Gasteiger partial charge in [0.1, 0.15) is 36.8 Å². The summed E-state index contributed by atoms with van der Waals surface area (Å²) >= 11 is 6.50. The minimum atomic E-state index is -3.21. The molecule has 6 rings (SSSR count). The number of rotatable bonds is 14. The first-order chi connectivity index (χ1) is 24.0. The van der Waals surface area contributed by atoms with Crippen LogP contribution in [0.3, 0.4) is 0 Å². The van der Waals surface area contributed by atoms with Crippen LogP contribution in [0.2, 0.25) is 5.02 Å². The number of hydrogen-bond donors (Lipinski definition) is 1. The maximum atomic E-state index is 12.2. The van der Waals surface area contributed by atoms with Crippen molar-refractivity contribution in [1.82, 2.24) is 39.4 Å². The third kappa shape index (κ3) is 9.30. The Morgan fingerprint density at radius 1 is 1.10 bits per heavy atom. The predicted molar refractivity (Wildman–Crippen MR) is 191 cm³/mol. The predicted octanol–water partition coefficient (Wildman–Crippen LogP) is 5.20. The SMILES string of the molecule is CCS(=O)(=O)CCOc1nn(C2CCC(N3C[C@@H](C)O[C@@H](C)C3)CC2)cc1Nc1nccc(-c2ccc(Cl)c(O[C@@H](C)Cn3cncn3)c2)n1. The Kier molecular flexibility index (Phi) is 11.6. The van der Waals surface area contributed by atoms with Crippen LogP contribution in [0.1, 0.15) is 59.4 Å². The van der Waals surface area contributed by atoms with E-state index in [4.69, 9.17) is 35.9 Å². The fraction of sp³-hybridized carbons (Fsp3) is 0.559. The zero-order valence-electron chi connectivity index (χ0n) is 29.0. The van der Waals surface area contributed by atoms with Gasteiger partial charge in [-0.2, -0.15) is 5.10 Å². The van der Waals surface area contributed by atoms with Gasteiger partial charge in [0.2, 0.25) is 5.95 Å². The monoisotopic (exact) mass is 727 g/mol. The highest BCUT2D eigenvalue weighted by atomic mass is 35.5. The van der Waals surface area contributed by atoms with Crippen molar-refractivity contribution in [3.05, 3.63) is 54.3 Å². The molecule has 3 atom stereocenters. The Labute approximate surface area is 298 Å². The summed E-state index contributed by atoms with van der Waals surface area (Å²) in [5, 5.41) is 12.7. The molecule has 270 valence electrons. The van der Waals surface area contributed by atoms with Gasteiger partial charge in [-0.25, -0.2) is 28.1 Å². The normalized spacial score (nSPS) is 22.3. The van der Waals surface area contributed by atoms with E-state index < -0.39 is 9.84 Å². The molecule has 1 aliphatic carbocycles. The van der Waals surface area contributed by atoms with E-state index in [1.54, 1.807) is 30.2 Å². The highest BCUT2D eigenvalue weighted by molar-refractivity contribution is 7.91. The van der Waals surface area contributed by atoms with Gasteiger partial charge < -0.3 is 19.5 Å². The lowest BCUT2D eigenvalue weighted by atomic mass is 9.89. The first-order valence-electron chi connectivity index (χ1n) is 17.3. The summed E-state index contributed by atoms with van der Waals surface area (Å²) in [6.45, 7) is 10.3. The molecule has 16 heteroatoms. The van der Waals surface area contributed by atoms with Crippen LogP contribution in [0, 0.1) is 0 Å². The lowest BCUT2D eigenvalue weighted by Crippen LogP contribution is -2.51. The summed E-state index contributed by atoms with van der Waals surface area (Å²) in [7, 11) is -3.21. The molecule has 4 heterocycles. The van der Waals surface area contributed by atoms with Gasteiger partial charge in [-0.15, -0.1) is 5.10 Å². The quantitative estimate of drug-likeness (QED) is 0.182. The summed E-state index contributed by atoms with van der Waals surface area (Å²) in [5.74, 6) is 1.13. The molecule has 1 saturated carbocycles. The second-order valence-electron chi connectivity index (χ2n) is 13.2. The van der Waals surface area contributed by atoms with E-state index in [1.165, 1.54) is 6.33 Å². The highest BCUT2D eigenvalue weighted by Crippen LogP contribution is 2.36. The molecule has 0 amide bonds.